The van der Waals surface area contributed by atoms with Crippen molar-refractivity contribution < 1.29 is 24.3 Å². The van der Waals surface area contributed by atoms with E-state index in [2.05, 4.69) is 5.32 Å². The van der Waals surface area contributed by atoms with Crippen LogP contribution in [0.3, 0.4) is 0 Å². The van der Waals surface area contributed by atoms with E-state index in [0.717, 1.165) is 0 Å². The number of amides is 3. The maximum absolute atomic E-state index is 12.4. The van der Waals surface area contributed by atoms with Gasteiger partial charge in [0, 0.05) is 26.4 Å². The molecule has 0 bridgehead atoms. The number of hydrogen-bond donors (Lipinski definition) is 2. The summed E-state index contributed by atoms with van der Waals surface area (Å²) in [4.78, 5) is 49.2. The van der Waals surface area contributed by atoms with E-state index in [4.69, 9.17) is 5.11 Å². The third kappa shape index (κ3) is 4.31. The molecule has 8 nitrogen and oxygen atoms in total. The quantitative estimate of drug-likeness (QED) is 0.796. The van der Waals surface area contributed by atoms with Crippen molar-refractivity contribution in [1.29, 1.82) is 0 Å². The fourth-order valence-corrected chi connectivity index (χ4v) is 2.38. The molecular formula is C16H19N3O5. The van der Waals surface area contributed by atoms with Gasteiger partial charge in [-0.25, -0.2) is 0 Å². The summed E-state index contributed by atoms with van der Waals surface area (Å²) in [7, 11) is 1.50. The minimum Gasteiger partial charge on any atom is -0.481 e. The molecule has 24 heavy (non-hydrogen) atoms. The number of fused-ring (bicyclic) bond motifs is 1. The molecule has 0 fully saturated rings. The summed E-state index contributed by atoms with van der Waals surface area (Å²) in [6.45, 7) is 0.0101. The van der Waals surface area contributed by atoms with Crippen LogP contribution >= 0.6 is 0 Å². The molecule has 0 saturated heterocycles. The standard InChI is InChI=1S/C16H19N3O5/c1-18(9-8-16(23)24)14(21)6-7-15(22)19-10-13(20)17-11-4-2-3-5-12(11)19/h2-5H,6-10H2,1H3,(H,17,20)(H,23,24). The molecule has 2 N–H and O–H groups in total. The molecule has 1 aromatic rings. The van der Waals surface area contributed by atoms with Gasteiger partial charge in [-0.1, -0.05) is 12.1 Å². The number of nitrogens with one attached hydrogen (secondary N) is 1. The lowest BCUT2D eigenvalue weighted by molar-refractivity contribution is -0.138. The zero-order chi connectivity index (χ0) is 17.7. The van der Waals surface area contributed by atoms with Gasteiger partial charge in [-0.15, -0.1) is 0 Å². The Morgan fingerprint density at radius 2 is 1.92 bits per heavy atom. The van der Waals surface area contributed by atoms with Gasteiger partial charge in [0.25, 0.3) is 0 Å². The van der Waals surface area contributed by atoms with Crippen LogP contribution in [0.2, 0.25) is 0 Å². The molecule has 128 valence electrons. The van der Waals surface area contributed by atoms with E-state index in [1.54, 1.807) is 24.3 Å². The van der Waals surface area contributed by atoms with Gasteiger partial charge < -0.3 is 20.2 Å². The monoisotopic (exact) mass is 333 g/mol. The summed E-state index contributed by atoms with van der Waals surface area (Å²) in [5.41, 5.74) is 1.17. The van der Waals surface area contributed by atoms with E-state index in [9.17, 15) is 19.2 Å². The van der Waals surface area contributed by atoms with Crippen LogP contribution in [0.4, 0.5) is 11.4 Å². The predicted octanol–water partition coefficient (Wildman–Crippen LogP) is 0.685. The molecule has 1 heterocycles. The summed E-state index contributed by atoms with van der Waals surface area (Å²) >= 11 is 0. The lowest BCUT2D eigenvalue weighted by Gasteiger charge is -2.29. The van der Waals surface area contributed by atoms with Gasteiger partial charge in [0.15, 0.2) is 0 Å². The SMILES string of the molecule is CN(CCC(=O)O)C(=O)CCC(=O)N1CC(=O)Nc2ccccc21. The van der Waals surface area contributed by atoms with E-state index in [1.807, 2.05) is 0 Å². The van der Waals surface area contributed by atoms with Gasteiger partial charge in [-0.3, -0.25) is 19.2 Å². The van der Waals surface area contributed by atoms with Crippen LogP contribution in [0.1, 0.15) is 19.3 Å². The Kier molecular flexibility index (Phi) is 5.51. The van der Waals surface area contributed by atoms with Crippen LogP contribution in [-0.2, 0) is 19.2 Å². The molecule has 8 heteroatoms. The van der Waals surface area contributed by atoms with Crippen molar-refractivity contribution in [2.24, 2.45) is 0 Å². The second kappa shape index (κ2) is 7.58. The van der Waals surface area contributed by atoms with Crippen molar-refractivity contribution in [3.05, 3.63) is 24.3 Å². The minimum absolute atomic E-state index is 0.0325. The Bertz CT molecular complexity index is 673. The lowest BCUT2D eigenvalue weighted by Crippen LogP contribution is -2.42. The number of carboxylic acid groups (broad SMARTS) is 1. The van der Waals surface area contributed by atoms with E-state index < -0.39 is 5.97 Å². The average Bonchev–Trinajstić information content (AvgIpc) is 2.56. The van der Waals surface area contributed by atoms with Crippen LogP contribution in [-0.4, -0.2) is 53.8 Å². The number of para-hydroxylation sites is 2. The molecule has 2 rings (SSSR count). The van der Waals surface area contributed by atoms with E-state index in [0.29, 0.717) is 11.4 Å². The van der Waals surface area contributed by atoms with Gasteiger partial charge in [0.2, 0.25) is 17.7 Å². The van der Waals surface area contributed by atoms with Crippen LogP contribution in [0.25, 0.3) is 0 Å². The van der Waals surface area contributed by atoms with Gasteiger partial charge in [0.05, 0.1) is 17.8 Å². The first kappa shape index (κ1) is 17.5. The van der Waals surface area contributed by atoms with Crippen LogP contribution in [0, 0.1) is 0 Å². The number of benzene rings is 1. The van der Waals surface area contributed by atoms with Crippen molar-refractivity contribution in [3.8, 4) is 0 Å². The van der Waals surface area contributed by atoms with Crippen LogP contribution in [0.5, 0.6) is 0 Å². The van der Waals surface area contributed by atoms with Crippen molar-refractivity contribution in [2.75, 3.05) is 30.4 Å². The van der Waals surface area contributed by atoms with Crippen molar-refractivity contribution >= 4 is 35.1 Å². The largest absolute Gasteiger partial charge is 0.481 e. The van der Waals surface area contributed by atoms with Gasteiger partial charge >= 0.3 is 5.97 Å². The van der Waals surface area contributed by atoms with E-state index in [1.165, 1.54) is 16.8 Å². The average molecular weight is 333 g/mol. The zero-order valence-electron chi connectivity index (χ0n) is 13.3. The highest BCUT2D eigenvalue weighted by Gasteiger charge is 2.26. The first-order chi connectivity index (χ1) is 11.4. The maximum Gasteiger partial charge on any atom is 0.305 e. The molecule has 0 aliphatic carbocycles. The lowest BCUT2D eigenvalue weighted by atomic mass is 10.1. The fraction of sp³-hybridized carbons (Fsp3) is 0.375. The Labute approximate surface area is 139 Å². The first-order valence-electron chi connectivity index (χ1n) is 7.53. The highest BCUT2D eigenvalue weighted by molar-refractivity contribution is 6.10. The minimum atomic E-state index is -0.985. The van der Waals surface area contributed by atoms with Gasteiger partial charge in [-0.2, -0.15) is 0 Å². The number of carbonyl (C=O) groups is 4. The van der Waals surface area contributed by atoms with Crippen LogP contribution < -0.4 is 10.2 Å². The Morgan fingerprint density at radius 1 is 1.21 bits per heavy atom. The molecule has 1 aromatic carbocycles. The Balaban J connectivity index is 1.94. The molecule has 0 atom stereocenters. The molecule has 0 aromatic heterocycles. The fourth-order valence-electron chi connectivity index (χ4n) is 2.38. The molecular weight excluding hydrogens is 314 g/mol. The number of carbonyl (C=O) groups excluding carboxylic acids is 3. The van der Waals surface area contributed by atoms with Crippen molar-refractivity contribution in [1.82, 2.24) is 4.90 Å². The second-order valence-electron chi connectivity index (χ2n) is 5.50. The van der Waals surface area contributed by atoms with Crippen LogP contribution in [0.15, 0.2) is 24.3 Å². The molecule has 0 unspecified atom stereocenters. The number of nitrogens with zero attached hydrogens (tertiary/aromatic N) is 2. The molecule has 3 amide bonds. The number of aliphatic carboxylic acids is 1. The number of carboxylic acids is 1. The van der Waals surface area contributed by atoms with Crippen molar-refractivity contribution in [2.45, 2.75) is 19.3 Å². The highest BCUT2D eigenvalue weighted by atomic mass is 16.4. The highest BCUT2D eigenvalue weighted by Crippen LogP contribution is 2.29. The summed E-state index contributed by atoms with van der Waals surface area (Å²) < 4.78 is 0. The normalized spacial score (nSPS) is 13.0. The second-order valence-corrected chi connectivity index (χ2v) is 5.50. The summed E-state index contributed by atoms with van der Waals surface area (Å²) in [6, 6.07) is 6.96. The third-order valence-electron chi connectivity index (χ3n) is 3.71. The predicted molar refractivity (Wildman–Crippen MR) is 86.5 cm³/mol. The molecule has 0 spiro atoms. The van der Waals surface area contributed by atoms with E-state index in [-0.39, 0.29) is 50.1 Å². The van der Waals surface area contributed by atoms with E-state index >= 15 is 0 Å². The van der Waals surface area contributed by atoms with Crippen molar-refractivity contribution in [3.63, 3.8) is 0 Å². The topological polar surface area (TPSA) is 107 Å². The smallest absolute Gasteiger partial charge is 0.305 e. The molecule has 0 saturated carbocycles. The summed E-state index contributed by atoms with van der Waals surface area (Å²) in [5, 5.41) is 11.3. The third-order valence-corrected chi connectivity index (χ3v) is 3.71. The number of hydrogen-bond acceptors (Lipinski definition) is 4. The zero-order valence-corrected chi connectivity index (χ0v) is 13.3. The summed E-state index contributed by atoms with van der Waals surface area (Å²) in [6.07, 6.45) is -0.219. The Morgan fingerprint density at radius 3 is 2.62 bits per heavy atom. The molecule has 1 aliphatic heterocycles. The van der Waals surface area contributed by atoms with Gasteiger partial charge in [-0.05, 0) is 12.1 Å². The number of anilines is 2. The number of rotatable bonds is 6. The first-order valence-corrected chi connectivity index (χ1v) is 7.53. The maximum atomic E-state index is 12.4. The molecule has 1 aliphatic rings. The van der Waals surface area contributed by atoms with Gasteiger partial charge in [0.1, 0.15) is 6.54 Å². The summed E-state index contributed by atoms with van der Waals surface area (Å²) in [5.74, 6) is -1.90. The molecule has 0 radical (unpaired) electrons. The Hall–Kier alpha value is -2.90.